The molecule has 0 aliphatic heterocycles. The minimum Gasteiger partial charge on any atom is -0.492 e. The highest BCUT2D eigenvalue weighted by Gasteiger charge is 2.18. The summed E-state index contributed by atoms with van der Waals surface area (Å²) < 4.78 is 8.30. The number of fused-ring (bicyclic) bond motifs is 3. The molecule has 0 saturated carbocycles. The van der Waals surface area contributed by atoms with Crippen LogP contribution in [0.1, 0.15) is 29.3 Å². The first-order valence-corrected chi connectivity index (χ1v) is 12.9. The van der Waals surface area contributed by atoms with E-state index in [1.165, 1.54) is 28.0 Å². The smallest absolute Gasteiger partial charge is 0.328 e. The van der Waals surface area contributed by atoms with Crippen molar-refractivity contribution in [1.29, 1.82) is 0 Å². The largest absolute Gasteiger partial charge is 0.492 e. The van der Waals surface area contributed by atoms with Gasteiger partial charge in [-0.05, 0) is 48.9 Å². The van der Waals surface area contributed by atoms with Crippen LogP contribution in [0.5, 0.6) is 5.75 Å². The van der Waals surface area contributed by atoms with E-state index < -0.39 is 12.0 Å². The first kappa shape index (κ1) is 25.9. The number of Topliss-reactive ketones (excluding diaryl/α,β-unsaturated/α-hetero) is 1. The Morgan fingerprint density at radius 2 is 1.59 bits per heavy atom. The van der Waals surface area contributed by atoms with Crippen LogP contribution in [0.3, 0.4) is 0 Å². The van der Waals surface area contributed by atoms with Gasteiger partial charge in [0.05, 0.1) is 6.54 Å². The number of hydrogen-bond donors (Lipinski definition) is 1. The number of hydrogen-bond acceptors (Lipinski definition) is 5. The number of carboxylic acids is 1. The Kier molecular flexibility index (Phi) is 7.78. The van der Waals surface area contributed by atoms with E-state index in [9.17, 15) is 14.7 Å². The summed E-state index contributed by atoms with van der Waals surface area (Å²) in [5.74, 6) is -0.460. The van der Waals surface area contributed by atoms with Crippen LogP contribution in [0.4, 0.5) is 0 Å². The number of carbonyl (C=O) groups excluding carboxylic acids is 1. The second-order valence-corrected chi connectivity index (χ2v) is 9.44. The van der Waals surface area contributed by atoms with E-state index in [1.807, 2.05) is 36.4 Å². The number of para-hydroxylation sites is 2. The first-order chi connectivity index (χ1) is 19.0. The Balaban J connectivity index is 1.20. The standard InChI is InChI=1S/C32H29N3O4/c1-22(19-31(36)24-7-6-16-33-21-24)34-28(32(37)38)20-23-12-14-25(15-13-23)39-18-17-35-29-10-4-2-8-26(29)27-9-3-5-11-30(27)35/h2-16,21,28H,17-20H2,1H3,(H,37,38). The second-order valence-electron chi connectivity index (χ2n) is 9.44. The van der Waals surface area contributed by atoms with Crippen molar-refractivity contribution < 1.29 is 19.4 Å². The molecular weight excluding hydrogens is 490 g/mol. The van der Waals surface area contributed by atoms with Crippen LogP contribution in [-0.4, -0.2) is 44.8 Å². The molecule has 0 bridgehead atoms. The van der Waals surface area contributed by atoms with Crippen molar-refractivity contribution in [1.82, 2.24) is 9.55 Å². The summed E-state index contributed by atoms with van der Waals surface area (Å²) in [6, 6.07) is 26.6. The Hall–Kier alpha value is -4.78. The quantitative estimate of drug-likeness (QED) is 0.171. The van der Waals surface area contributed by atoms with Crippen LogP contribution in [0.2, 0.25) is 0 Å². The molecule has 0 aliphatic rings. The van der Waals surface area contributed by atoms with Crippen molar-refractivity contribution in [2.75, 3.05) is 6.61 Å². The van der Waals surface area contributed by atoms with E-state index in [4.69, 9.17) is 4.74 Å². The third kappa shape index (κ3) is 6.04. The summed E-state index contributed by atoms with van der Waals surface area (Å²) >= 11 is 0. The lowest BCUT2D eigenvalue weighted by Crippen LogP contribution is -2.22. The van der Waals surface area contributed by atoms with Gasteiger partial charge in [-0.2, -0.15) is 0 Å². The highest BCUT2D eigenvalue weighted by Crippen LogP contribution is 2.28. The molecule has 5 rings (SSSR count). The average Bonchev–Trinajstić information content (AvgIpc) is 3.27. The molecule has 7 heteroatoms. The van der Waals surface area contributed by atoms with Gasteiger partial charge in [-0.3, -0.25) is 14.8 Å². The van der Waals surface area contributed by atoms with Crippen LogP contribution < -0.4 is 4.74 Å². The first-order valence-electron chi connectivity index (χ1n) is 12.9. The van der Waals surface area contributed by atoms with E-state index in [1.54, 1.807) is 25.3 Å². The summed E-state index contributed by atoms with van der Waals surface area (Å²) in [5.41, 5.74) is 4.13. The van der Waals surface area contributed by atoms with Gasteiger partial charge < -0.3 is 14.4 Å². The Labute approximate surface area is 226 Å². The molecule has 1 unspecified atom stereocenters. The molecule has 3 aromatic carbocycles. The van der Waals surface area contributed by atoms with Gasteiger partial charge in [0.2, 0.25) is 0 Å². The van der Waals surface area contributed by atoms with Crippen molar-refractivity contribution in [2.24, 2.45) is 4.99 Å². The van der Waals surface area contributed by atoms with Gasteiger partial charge in [-0.25, -0.2) is 4.79 Å². The van der Waals surface area contributed by atoms with E-state index in [-0.39, 0.29) is 18.6 Å². The zero-order chi connectivity index (χ0) is 27.2. The summed E-state index contributed by atoms with van der Waals surface area (Å²) in [7, 11) is 0. The normalized spacial score (nSPS) is 12.5. The molecular formula is C32H29N3O4. The van der Waals surface area contributed by atoms with Crippen LogP contribution in [0, 0.1) is 0 Å². The molecule has 0 spiro atoms. The van der Waals surface area contributed by atoms with Gasteiger partial charge in [-0.15, -0.1) is 0 Å². The zero-order valence-corrected chi connectivity index (χ0v) is 21.7. The minimum atomic E-state index is -1.03. The highest BCUT2D eigenvalue weighted by molar-refractivity contribution is 6.09. The summed E-state index contributed by atoms with van der Waals surface area (Å²) in [4.78, 5) is 32.6. The van der Waals surface area contributed by atoms with Crippen molar-refractivity contribution in [2.45, 2.75) is 32.4 Å². The van der Waals surface area contributed by atoms with E-state index in [0.29, 0.717) is 30.2 Å². The third-order valence-corrected chi connectivity index (χ3v) is 6.68. The van der Waals surface area contributed by atoms with E-state index in [0.717, 1.165) is 5.56 Å². The highest BCUT2D eigenvalue weighted by atomic mass is 16.5. The van der Waals surface area contributed by atoms with Crippen LogP contribution >= 0.6 is 0 Å². The number of aliphatic carboxylic acids is 1. The fourth-order valence-corrected chi connectivity index (χ4v) is 4.81. The maximum Gasteiger partial charge on any atom is 0.328 e. The summed E-state index contributed by atoms with van der Waals surface area (Å²) in [5, 5.41) is 12.2. The number of aliphatic imine (C=N–C) groups is 1. The molecule has 0 aliphatic carbocycles. The van der Waals surface area contributed by atoms with Crippen LogP contribution in [-0.2, 0) is 17.8 Å². The Bertz CT molecular complexity index is 1590. The van der Waals surface area contributed by atoms with Gasteiger partial charge >= 0.3 is 5.97 Å². The topological polar surface area (TPSA) is 93.8 Å². The van der Waals surface area contributed by atoms with Crippen molar-refractivity contribution in [3.63, 3.8) is 0 Å². The zero-order valence-electron chi connectivity index (χ0n) is 21.7. The number of carbonyl (C=O) groups is 2. The van der Waals surface area contributed by atoms with Crippen molar-refractivity contribution in [3.05, 3.63) is 108 Å². The van der Waals surface area contributed by atoms with Crippen molar-refractivity contribution in [3.8, 4) is 5.75 Å². The Morgan fingerprint density at radius 3 is 2.21 bits per heavy atom. The molecule has 2 aromatic heterocycles. The molecule has 196 valence electrons. The molecule has 0 radical (unpaired) electrons. The second kappa shape index (κ2) is 11.7. The van der Waals surface area contributed by atoms with Gasteiger partial charge in [0.25, 0.3) is 0 Å². The van der Waals surface area contributed by atoms with Crippen LogP contribution in [0.25, 0.3) is 21.8 Å². The molecule has 2 heterocycles. The number of aromatic nitrogens is 2. The number of rotatable bonds is 11. The number of ketones is 1. The molecule has 0 fully saturated rings. The molecule has 1 atom stereocenters. The lowest BCUT2D eigenvalue weighted by molar-refractivity contribution is -0.138. The Morgan fingerprint density at radius 1 is 0.923 bits per heavy atom. The SMILES string of the molecule is CC(CC(=O)c1cccnc1)=NC(Cc1ccc(OCCn2c3ccccc3c3ccccc32)cc1)C(=O)O. The number of carboxylic acid groups (broad SMARTS) is 1. The molecule has 7 nitrogen and oxygen atoms in total. The molecule has 0 saturated heterocycles. The number of pyridine rings is 1. The molecule has 39 heavy (non-hydrogen) atoms. The fourth-order valence-electron chi connectivity index (χ4n) is 4.81. The maximum absolute atomic E-state index is 12.4. The summed E-state index contributed by atoms with van der Waals surface area (Å²) in [6.07, 6.45) is 3.36. The number of nitrogens with zero attached hydrogens (tertiary/aromatic N) is 3. The third-order valence-electron chi connectivity index (χ3n) is 6.68. The van der Waals surface area contributed by atoms with Gasteiger partial charge in [0.1, 0.15) is 12.4 Å². The lowest BCUT2D eigenvalue weighted by Gasteiger charge is -2.12. The minimum absolute atomic E-state index is 0.0498. The van der Waals surface area contributed by atoms with E-state index >= 15 is 0 Å². The van der Waals surface area contributed by atoms with Crippen LogP contribution in [0.15, 0.2) is 102 Å². The van der Waals surface area contributed by atoms with Gasteiger partial charge in [0.15, 0.2) is 11.8 Å². The predicted octanol–water partition coefficient (Wildman–Crippen LogP) is 6.00. The molecule has 0 amide bonds. The summed E-state index contributed by atoms with van der Waals surface area (Å²) in [6.45, 7) is 2.87. The van der Waals surface area contributed by atoms with Gasteiger partial charge in [-0.1, -0.05) is 48.5 Å². The van der Waals surface area contributed by atoms with E-state index in [2.05, 4.69) is 50.9 Å². The number of benzene rings is 3. The van der Waals surface area contributed by atoms with Crippen molar-refractivity contribution >= 4 is 39.3 Å². The number of ether oxygens (including phenoxy) is 1. The lowest BCUT2D eigenvalue weighted by atomic mass is 10.0. The molecule has 1 N–H and O–H groups in total. The van der Waals surface area contributed by atoms with Gasteiger partial charge in [0, 0.05) is 58.3 Å². The average molecular weight is 520 g/mol. The molecule has 5 aromatic rings. The maximum atomic E-state index is 12.4. The predicted molar refractivity (Wildman–Crippen MR) is 153 cm³/mol. The monoisotopic (exact) mass is 519 g/mol. The fraction of sp³-hybridized carbons (Fsp3) is 0.188.